The molecule has 1 amide bonds. The first kappa shape index (κ1) is 26.0. The second-order valence-electron chi connectivity index (χ2n) is 8.73. The smallest absolute Gasteiger partial charge is 0.307 e. The number of ether oxygens (including phenoxy) is 1. The lowest BCUT2D eigenvalue weighted by molar-refractivity contribution is -0.140. The third-order valence-electron chi connectivity index (χ3n) is 5.37. The van der Waals surface area contributed by atoms with Gasteiger partial charge in [0.05, 0.1) is 48.0 Å². The summed E-state index contributed by atoms with van der Waals surface area (Å²) in [6.07, 6.45) is 7.12. The minimum Gasteiger partial charge on any atom is -0.469 e. The highest BCUT2D eigenvalue weighted by Crippen LogP contribution is 2.30. The van der Waals surface area contributed by atoms with Crippen molar-refractivity contribution in [3.05, 3.63) is 42.5 Å². The van der Waals surface area contributed by atoms with Crippen molar-refractivity contribution in [2.45, 2.75) is 44.4 Å². The SMILES string of the molecule is COC(=O)CCNC(=O)c1cnc(Nc2ccnc(-c3cnn(S(=O)(=O)C4CC4)c3)n2)cc1NC(C)C. The molecule has 3 heterocycles. The molecule has 1 saturated carbocycles. The van der Waals surface area contributed by atoms with Gasteiger partial charge in [-0.05, 0) is 32.8 Å². The van der Waals surface area contributed by atoms with Crippen LogP contribution in [0, 0.1) is 0 Å². The number of rotatable bonds is 11. The molecule has 0 atom stereocenters. The predicted octanol–water partition coefficient (Wildman–Crippen LogP) is 1.93. The number of anilines is 3. The summed E-state index contributed by atoms with van der Waals surface area (Å²) in [6.45, 7) is 4.01. The molecule has 0 bridgehead atoms. The molecule has 0 aromatic carbocycles. The van der Waals surface area contributed by atoms with Gasteiger partial charge >= 0.3 is 5.97 Å². The van der Waals surface area contributed by atoms with E-state index in [1.807, 2.05) is 13.8 Å². The Balaban J connectivity index is 1.51. The summed E-state index contributed by atoms with van der Waals surface area (Å²) in [5, 5.41) is 12.6. The Bertz CT molecular complexity index is 1400. The summed E-state index contributed by atoms with van der Waals surface area (Å²) in [5.41, 5.74) is 1.32. The van der Waals surface area contributed by atoms with E-state index in [9.17, 15) is 18.0 Å². The predicted molar refractivity (Wildman–Crippen MR) is 136 cm³/mol. The Kier molecular flexibility index (Phi) is 7.66. The zero-order chi connectivity index (χ0) is 26.6. The average molecular weight is 529 g/mol. The first-order chi connectivity index (χ1) is 17.7. The molecular formula is C23H28N8O5S. The largest absolute Gasteiger partial charge is 0.469 e. The molecule has 13 nitrogen and oxygen atoms in total. The second-order valence-corrected chi connectivity index (χ2v) is 10.8. The van der Waals surface area contributed by atoms with Gasteiger partial charge in [0, 0.05) is 31.0 Å². The maximum absolute atomic E-state index is 12.7. The fourth-order valence-electron chi connectivity index (χ4n) is 3.39. The number of hydrogen-bond acceptors (Lipinski definition) is 11. The number of hydrogen-bond donors (Lipinski definition) is 3. The number of aromatic nitrogens is 5. The van der Waals surface area contributed by atoms with Crippen molar-refractivity contribution in [2.75, 3.05) is 24.3 Å². The van der Waals surface area contributed by atoms with Gasteiger partial charge in [0.1, 0.15) is 11.6 Å². The number of carbonyl (C=O) groups excluding carboxylic acids is 2. The van der Waals surface area contributed by atoms with Gasteiger partial charge in [0.25, 0.3) is 15.9 Å². The van der Waals surface area contributed by atoms with Gasteiger partial charge in [0.15, 0.2) is 5.82 Å². The summed E-state index contributed by atoms with van der Waals surface area (Å²) >= 11 is 0. The molecular weight excluding hydrogens is 500 g/mol. The van der Waals surface area contributed by atoms with E-state index in [1.54, 1.807) is 12.1 Å². The van der Waals surface area contributed by atoms with E-state index in [-0.39, 0.29) is 30.2 Å². The van der Waals surface area contributed by atoms with Gasteiger partial charge in [-0.25, -0.2) is 23.4 Å². The number of pyridine rings is 1. The summed E-state index contributed by atoms with van der Waals surface area (Å²) in [6, 6.07) is 3.35. The Hall–Kier alpha value is -4.07. The highest BCUT2D eigenvalue weighted by molar-refractivity contribution is 7.90. The van der Waals surface area contributed by atoms with E-state index in [4.69, 9.17) is 0 Å². The molecule has 0 unspecified atom stereocenters. The van der Waals surface area contributed by atoms with E-state index >= 15 is 0 Å². The standard InChI is InChI=1S/C23H28N8O5S/c1-14(2)28-18-10-20(26-12-17(18)23(33)25-9-7-21(32)36-3)29-19-6-8-24-22(30-19)15-11-27-31(13-15)37(34,35)16-4-5-16/h6,8,10-14,16H,4-5,7,9H2,1-3H3,(H,25,33)(H2,24,26,28,29,30). The zero-order valence-corrected chi connectivity index (χ0v) is 21.4. The fourth-order valence-corrected chi connectivity index (χ4v) is 4.86. The molecule has 37 heavy (non-hydrogen) atoms. The quantitative estimate of drug-likeness (QED) is 0.311. The molecule has 4 rings (SSSR count). The van der Waals surface area contributed by atoms with Crippen molar-refractivity contribution in [3.63, 3.8) is 0 Å². The molecule has 3 N–H and O–H groups in total. The van der Waals surface area contributed by atoms with Crippen molar-refractivity contribution in [1.29, 1.82) is 0 Å². The van der Waals surface area contributed by atoms with Crippen LogP contribution in [0.4, 0.5) is 17.3 Å². The molecule has 0 spiro atoms. The first-order valence-electron chi connectivity index (χ1n) is 11.7. The first-order valence-corrected chi connectivity index (χ1v) is 13.2. The van der Waals surface area contributed by atoms with E-state index in [0.29, 0.717) is 47.1 Å². The van der Waals surface area contributed by atoms with Gasteiger partial charge in [0.2, 0.25) is 0 Å². The summed E-state index contributed by atoms with van der Waals surface area (Å²) < 4.78 is 30.4. The van der Waals surface area contributed by atoms with Crippen LogP contribution in [0.5, 0.6) is 0 Å². The van der Waals surface area contributed by atoms with Gasteiger partial charge < -0.3 is 20.7 Å². The maximum Gasteiger partial charge on any atom is 0.307 e. The molecule has 0 aliphatic heterocycles. The molecule has 0 saturated heterocycles. The maximum atomic E-state index is 12.7. The third kappa shape index (κ3) is 6.39. The molecule has 1 aliphatic rings. The van der Waals surface area contributed by atoms with Crippen molar-refractivity contribution in [1.82, 2.24) is 29.5 Å². The van der Waals surface area contributed by atoms with Crippen LogP contribution < -0.4 is 16.0 Å². The Morgan fingerprint density at radius 1 is 1.19 bits per heavy atom. The van der Waals surface area contributed by atoms with Crippen LogP contribution in [-0.4, -0.2) is 69.4 Å². The van der Waals surface area contributed by atoms with Gasteiger partial charge in [-0.15, -0.1) is 0 Å². The highest BCUT2D eigenvalue weighted by Gasteiger charge is 2.37. The number of esters is 1. The van der Waals surface area contributed by atoms with Crippen molar-refractivity contribution in [2.24, 2.45) is 0 Å². The van der Waals surface area contributed by atoms with Crippen LogP contribution in [0.2, 0.25) is 0 Å². The van der Waals surface area contributed by atoms with Crippen LogP contribution >= 0.6 is 0 Å². The third-order valence-corrected chi connectivity index (χ3v) is 7.41. The average Bonchev–Trinajstić information content (AvgIpc) is 3.61. The van der Waals surface area contributed by atoms with Gasteiger partial charge in [-0.1, -0.05) is 0 Å². The summed E-state index contributed by atoms with van der Waals surface area (Å²) in [4.78, 5) is 37.0. The second kappa shape index (κ2) is 10.9. The molecule has 3 aromatic rings. The topological polar surface area (TPSA) is 170 Å². The summed E-state index contributed by atoms with van der Waals surface area (Å²) in [7, 11) is -2.20. The van der Waals surface area contributed by atoms with Crippen LogP contribution in [0.15, 0.2) is 36.9 Å². The molecule has 0 radical (unpaired) electrons. The zero-order valence-electron chi connectivity index (χ0n) is 20.6. The number of amides is 1. The van der Waals surface area contributed by atoms with Crippen LogP contribution in [0.3, 0.4) is 0 Å². The molecule has 1 fully saturated rings. The van der Waals surface area contributed by atoms with Crippen LogP contribution in [-0.2, 0) is 19.6 Å². The lowest BCUT2D eigenvalue weighted by Gasteiger charge is -2.16. The van der Waals surface area contributed by atoms with Crippen molar-refractivity contribution in [3.8, 4) is 11.4 Å². The van der Waals surface area contributed by atoms with Crippen LogP contribution in [0.1, 0.15) is 43.5 Å². The van der Waals surface area contributed by atoms with E-state index in [1.165, 1.54) is 31.9 Å². The Morgan fingerprint density at radius 2 is 1.97 bits per heavy atom. The summed E-state index contributed by atoms with van der Waals surface area (Å²) in [5.74, 6) is 0.338. The lowest BCUT2D eigenvalue weighted by atomic mass is 10.2. The molecule has 3 aromatic heterocycles. The number of carbonyl (C=O) groups is 2. The Labute approximate surface area is 214 Å². The Morgan fingerprint density at radius 3 is 2.68 bits per heavy atom. The van der Waals surface area contributed by atoms with E-state index in [0.717, 1.165) is 4.09 Å². The molecule has 14 heteroatoms. The molecule has 1 aliphatic carbocycles. The molecule has 196 valence electrons. The number of methoxy groups -OCH3 is 1. The van der Waals surface area contributed by atoms with Crippen molar-refractivity contribution < 1.29 is 22.7 Å². The number of nitrogens with zero attached hydrogens (tertiary/aromatic N) is 5. The normalized spacial score (nSPS) is 13.3. The minimum absolute atomic E-state index is 0.0333. The number of nitrogens with one attached hydrogen (secondary N) is 3. The van der Waals surface area contributed by atoms with Gasteiger partial charge in [-0.2, -0.15) is 9.19 Å². The lowest BCUT2D eigenvalue weighted by Crippen LogP contribution is -2.28. The van der Waals surface area contributed by atoms with E-state index < -0.39 is 16.0 Å². The minimum atomic E-state index is -3.49. The van der Waals surface area contributed by atoms with E-state index in [2.05, 4.69) is 40.7 Å². The van der Waals surface area contributed by atoms with Crippen molar-refractivity contribution >= 4 is 39.2 Å². The monoisotopic (exact) mass is 528 g/mol. The fraction of sp³-hybridized carbons (Fsp3) is 0.391. The van der Waals surface area contributed by atoms with Gasteiger partial charge in [-0.3, -0.25) is 9.59 Å². The van der Waals surface area contributed by atoms with Crippen LogP contribution in [0.25, 0.3) is 11.4 Å². The highest BCUT2D eigenvalue weighted by atomic mass is 32.2.